The van der Waals surface area contributed by atoms with Crippen LogP contribution in [0.2, 0.25) is 0 Å². The molecule has 468 valence electrons. The average Bonchev–Trinajstić information content (AvgIpc) is 3.47. The summed E-state index contributed by atoms with van der Waals surface area (Å²) in [5.74, 6) is -0.888. The Hall–Kier alpha value is -3.41. The van der Waals surface area contributed by atoms with Crippen molar-refractivity contribution in [1.82, 2.24) is 0 Å². The molecule has 6 nitrogen and oxygen atoms in total. The number of rotatable bonds is 64. The molecule has 0 radical (unpaired) electrons. The van der Waals surface area contributed by atoms with Crippen molar-refractivity contribution in [2.75, 3.05) is 13.2 Å². The minimum atomic E-state index is -0.790. The number of carbonyl (C=O) groups excluding carboxylic acids is 3. The molecule has 81 heavy (non-hydrogen) atoms. The van der Waals surface area contributed by atoms with Crippen molar-refractivity contribution in [3.63, 3.8) is 0 Å². The first kappa shape index (κ1) is 77.6. The van der Waals surface area contributed by atoms with Crippen LogP contribution in [0.1, 0.15) is 355 Å². The van der Waals surface area contributed by atoms with E-state index < -0.39 is 6.10 Å². The van der Waals surface area contributed by atoms with Crippen molar-refractivity contribution in [1.29, 1.82) is 0 Å². The quantitative estimate of drug-likeness (QED) is 0.0261. The summed E-state index contributed by atoms with van der Waals surface area (Å²) in [6.45, 7) is 6.64. The van der Waals surface area contributed by atoms with Crippen LogP contribution in [0.5, 0.6) is 0 Å². The van der Waals surface area contributed by atoms with Gasteiger partial charge in [-0.25, -0.2) is 0 Å². The van der Waals surface area contributed by atoms with Crippen LogP contribution in [-0.4, -0.2) is 37.2 Å². The summed E-state index contributed by atoms with van der Waals surface area (Å²) < 4.78 is 17.0. The summed E-state index contributed by atoms with van der Waals surface area (Å²) in [7, 11) is 0. The Kier molecular flexibility index (Phi) is 66.2. The zero-order valence-electron chi connectivity index (χ0n) is 53.8. The fraction of sp³-hybridized carbons (Fsp3) is 0.773. The number of esters is 3. The van der Waals surface area contributed by atoms with E-state index in [1.54, 1.807) is 0 Å². The van der Waals surface area contributed by atoms with E-state index in [-0.39, 0.29) is 31.1 Å². The van der Waals surface area contributed by atoms with Crippen molar-refractivity contribution in [2.24, 2.45) is 0 Å². The molecule has 0 N–H and O–H groups in total. The largest absolute Gasteiger partial charge is 0.462 e. The molecule has 0 aromatic carbocycles. The van der Waals surface area contributed by atoms with Crippen molar-refractivity contribution < 1.29 is 28.6 Å². The highest BCUT2D eigenvalue weighted by molar-refractivity contribution is 5.71. The van der Waals surface area contributed by atoms with Crippen LogP contribution in [0.25, 0.3) is 0 Å². The molecule has 1 atom stereocenters. The van der Waals surface area contributed by atoms with Gasteiger partial charge in [0.2, 0.25) is 0 Å². The summed E-state index contributed by atoms with van der Waals surface area (Å²) in [5.41, 5.74) is 0. The maximum Gasteiger partial charge on any atom is 0.306 e. The second kappa shape index (κ2) is 69.1. The third-order valence-corrected chi connectivity index (χ3v) is 15.3. The van der Waals surface area contributed by atoms with Crippen LogP contribution in [0.4, 0.5) is 0 Å². The first-order valence-corrected chi connectivity index (χ1v) is 35.1. The van der Waals surface area contributed by atoms with Crippen LogP contribution >= 0.6 is 0 Å². The molecule has 0 aliphatic heterocycles. The van der Waals surface area contributed by atoms with E-state index in [2.05, 4.69) is 106 Å². The smallest absolute Gasteiger partial charge is 0.306 e. The van der Waals surface area contributed by atoms with Crippen LogP contribution in [0, 0.1) is 0 Å². The third-order valence-electron chi connectivity index (χ3n) is 15.3. The Morgan fingerprint density at radius 1 is 0.247 bits per heavy atom. The van der Waals surface area contributed by atoms with Gasteiger partial charge in [-0.1, -0.05) is 298 Å². The van der Waals surface area contributed by atoms with Crippen LogP contribution in [0.15, 0.2) is 85.1 Å². The Morgan fingerprint density at radius 3 is 0.704 bits per heavy atom. The minimum absolute atomic E-state index is 0.0840. The van der Waals surface area contributed by atoms with E-state index in [4.69, 9.17) is 14.2 Å². The van der Waals surface area contributed by atoms with Crippen molar-refractivity contribution >= 4 is 17.9 Å². The molecule has 0 rings (SSSR count). The van der Waals surface area contributed by atoms with Gasteiger partial charge in [-0.15, -0.1) is 0 Å². The van der Waals surface area contributed by atoms with E-state index in [9.17, 15) is 14.4 Å². The second-order valence-corrected chi connectivity index (χ2v) is 23.4. The molecule has 0 fully saturated rings. The van der Waals surface area contributed by atoms with Gasteiger partial charge in [-0.3, -0.25) is 14.4 Å². The molecule has 0 bridgehead atoms. The molecule has 0 heterocycles. The lowest BCUT2D eigenvalue weighted by Gasteiger charge is -2.18. The third kappa shape index (κ3) is 67.3. The lowest BCUT2D eigenvalue weighted by Crippen LogP contribution is -2.30. The second-order valence-electron chi connectivity index (χ2n) is 23.4. The van der Waals surface area contributed by atoms with Crippen molar-refractivity contribution in [2.45, 2.75) is 361 Å². The highest BCUT2D eigenvalue weighted by Crippen LogP contribution is 2.16. The SMILES string of the molecule is CCCCCCC/C=C\C/C=C\C/C=C\CCCCCCCCCCCCC(=O)OCC(COC(=O)CCCCCCCCC/C=C\CCCCCCCC)OC(=O)CCCCCCCC/C=C\C/C=C\C/C=C\CCCCCCC. The van der Waals surface area contributed by atoms with E-state index in [1.807, 2.05) is 0 Å². The molecule has 0 aliphatic rings. The molecule has 0 aromatic heterocycles. The van der Waals surface area contributed by atoms with E-state index in [0.717, 1.165) is 96.3 Å². The number of carbonyl (C=O) groups is 3. The predicted molar refractivity (Wildman–Crippen MR) is 353 cm³/mol. The Morgan fingerprint density at radius 2 is 0.444 bits per heavy atom. The Balaban J connectivity index is 4.39. The summed E-state index contributed by atoms with van der Waals surface area (Å²) in [4.78, 5) is 38.5. The van der Waals surface area contributed by atoms with E-state index >= 15 is 0 Å². The zero-order valence-corrected chi connectivity index (χ0v) is 53.8. The van der Waals surface area contributed by atoms with E-state index in [0.29, 0.717) is 19.3 Å². The van der Waals surface area contributed by atoms with Gasteiger partial charge in [-0.05, 0) is 122 Å². The molecular formula is C75H132O6. The van der Waals surface area contributed by atoms with Gasteiger partial charge in [0.25, 0.3) is 0 Å². The molecule has 0 aliphatic carbocycles. The summed E-state index contributed by atoms with van der Waals surface area (Å²) in [5, 5.41) is 0. The zero-order chi connectivity index (χ0) is 58.5. The van der Waals surface area contributed by atoms with Gasteiger partial charge < -0.3 is 14.2 Å². The van der Waals surface area contributed by atoms with Gasteiger partial charge in [0.1, 0.15) is 13.2 Å². The number of allylic oxidation sites excluding steroid dienone is 14. The Bertz CT molecular complexity index is 1530. The highest BCUT2D eigenvalue weighted by Gasteiger charge is 2.19. The molecule has 0 saturated heterocycles. The van der Waals surface area contributed by atoms with Crippen molar-refractivity contribution in [3.05, 3.63) is 85.1 Å². The first-order valence-electron chi connectivity index (χ1n) is 35.1. The summed E-state index contributed by atoms with van der Waals surface area (Å²) in [6, 6.07) is 0. The molecule has 1 unspecified atom stereocenters. The van der Waals surface area contributed by atoms with Gasteiger partial charge in [0, 0.05) is 19.3 Å². The predicted octanol–water partition coefficient (Wildman–Crippen LogP) is 24.2. The summed E-state index contributed by atoms with van der Waals surface area (Å²) in [6.07, 6.45) is 91.6. The van der Waals surface area contributed by atoms with E-state index in [1.165, 1.54) is 218 Å². The molecular weight excluding hydrogens is 997 g/mol. The van der Waals surface area contributed by atoms with Gasteiger partial charge in [0.15, 0.2) is 6.10 Å². The van der Waals surface area contributed by atoms with Gasteiger partial charge in [0.05, 0.1) is 0 Å². The topological polar surface area (TPSA) is 78.9 Å². The number of hydrogen-bond donors (Lipinski definition) is 0. The average molecular weight is 1130 g/mol. The maximum absolute atomic E-state index is 13.0. The molecule has 0 spiro atoms. The van der Waals surface area contributed by atoms with Crippen LogP contribution in [-0.2, 0) is 28.6 Å². The minimum Gasteiger partial charge on any atom is -0.462 e. The number of unbranched alkanes of at least 4 members (excludes halogenated alkanes) is 39. The van der Waals surface area contributed by atoms with Gasteiger partial charge in [-0.2, -0.15) is 0 Å². The standard InChI is InChI=1S/C75H132O6/c1-4-7-10-13-16-19-22-25-28-31-33-35-36-37-38-40-41-44-47-50-53-56-59-62-65-68-74(77)80-71-72(70-79-73(76)67-64-61-58-55-52-49-46-43-30-27-24-21-18-15-12-9-6-3)81-75(78)69-66-63-60-57-54-51-48-45-42-39-34-32-29-26-23-20-17-14-11-8-5-2/h22-23,25-27,30-34,36-37,42,45,72H,4-21,24,28-29,35,38-41,43-44,46-71H2,1-3H3/b25-22-,26-23-,30-27-,33-31-,34-32-,37-36-,45-42-. The fourth-order valence-corrected chi connectivity index (χ4v) is 10.0. The van der Waals surface area contributed by atoms with Crippen LogP contribution < -0.4 is 0 Å². The molecule has 6 heteroatoms. The highest BCUT2D eigenvalue weighted by atomic mass is 16.6. The van der Waals surface area contributed by atoms with Crippen LogP contribution in [0.3, 0.4) is 0 Å². The number of hydrogen-bond acceptors (Lipinski definition) is 6. The lowest BCUT2D eigenvalue weighted by molar-refractivity contribution is -0.167. The Labute approximate surface area is 503 Å². The van der Waals surface area contributed by atoms with Crippen molar-refractivity contribution in [3.8, 4) is 0 Å². The maximum atomic E-state index is 13.0. The monoisotopic (exact) mass is 1130 g/mol. The lowest BCUT2D eigenvalue weighted by atomic mass is 10.1. The van der Waals surface area contributed by atoms with Gasteiger partial charge >= 0.3 is 17.9 Å². The first-order chi connectivity index (χ1) is 40.0. The molecule has 0 amide bonds. The fourth-order valence-electron chi connectivity index (χ4n) is 10.0. The normalized spacial score (nSPS) is 12.6. The summed E-state index contributed by atoms with van der Waals surface area (Å²) >= 11 is 0. The molecule has 0 aromatic rings. The number of ether oxygens (including phenoxy) is 3. The molecule has 0 saturated carbocycles.